The number of hydrogen-bond donors (Lipinski definition) is 1. The lowest BCUT2D eigenvalue weighted by Crippen LogP contribution is -2.50. The second-order valence-corrected chi connectivity index (χ2v) is 10.6. The van der Waals surface area contributed by atoms with E-state index in [4.69, 9.17) is 27.9 Å². The summed E-state index contributed by atoms with van der Waals surface area (Å²) in [7, 11) is 0. The van der Waals surface area contributed by atoms with Crippen molar-refractivity contribution >= 4 is 50.9 Å². The van der Waals surface area contributed by atoms with Gasteiger partial charge in [-0.15, -0.1) is 0 Å². The predicted molar refractivity (Wildman–Crippen MR) is 143 cm³/mol. The molecule has 0 spiro atoms. The summed E-state index contributed by atoms with van der Waals surface area (Å²) in [5, 5.41) is 3.78. The molecule has 34 heavy (non-hydrogen) atoms. The zero-order chi connectivity index (χ0) is 25.4. The number of rotatable bonds is 11. The van der Waals surface area contributed by atoms with Gasteiger partial charge in [0.15, 0.2) is 6.61 Å². The molecule has 8 heteroatoms. The molecule has 0 aromatic heterocycles. The lowest BCUT2D eigenvalue weighted by molar-refractivity contribution is -0.143. The van der Waals surface area contributed by atoms with Gasteiger partial charge in [0.2, 0.25) is 5.91 Å². The van der Waals surface area contributed by atoms with Crippen LogP contribution in [0.25, 0.3) is 0 Å². The third-order valence-electron chi connectivity index (χ3n) is 5.38. The molecule has 0 radical (unpaired) electrons. The number of halogens is 3. The summed E-state index contributed by atoms with van der Waals surface area (Å²) < 4.78 is 6.63. The van der Waals surface area contributed by atoms with Gasteiger partial charge in [0.05, 0.1) is 14.5 Å². The van der Waals surface area contributed by atoms with Crippen LogP contribution in [0, 0.1) is 5.92 Å². The van der Waals surface area contributed by atoms with E-state index >= 15 is 0 Å². The molecule has 1 atom stereocenters. The Morgan fingerprint density at radius 3 is 2.32 bits per heavy atom. The van der Waals surface area contributed by atoms with Crippen molar-refractivity contribution in [2.24, 2.45) is 5.92 Å². The molecule has 2 amide bonds. The van der Waals surface area contributed by atoms with E-state index in [-0.39, 0.29) is 25.0 Å². The number of benzene rings is 2. The van der Waals surface area contributed by atoms with Crippen LogP contribution < -0.4 is 10.1 Å². The first-order chi connectivity index (χ1) is 16.0. The van der Waals surface area contributed by atoms with E-state index in [0.717, 1.165) is 10.0 Å². The Bertz CT molecular complexity index is 998. The summed E-state index contributed by atoms with van der Waals surface area (Å²) in [4.78, 5) is 27.9. The van der Waals surface area contributed by atoms with Crippen LogP contribution in [0.4, 0.5) is 0 Å². The summed E-state index contributed by atoms with van der Waals surface area (Å²) in [5.74, 6) is 0.771. The SMILES string of the molecule is CCC(C(=O)NCC(C)C)N(Cc1ccc(Cl)c(Cl)c1)C(=O)COc1ccc(C(C)C)cc1Br. The highest BCUT2D eigenvalue weighted by Gasteiger charge is 2.29. The van der Waals surface area contributed by atoms with Crippen molar-refractivity contribution in [3.05, 3.63) is 62.0 Å². The third kappa shape index (κ3) is 8.17. The highest BCUT2D eigenvalue weighted by molar-refractivity contribution is 9.10. The van der Waals surface area contributed by atoms with Crippen molar-refractivity contribution in [3.63, 3.8) is 0 Å². The van der Waals surface area contributed by atoms with Crippen molar-refractivity contribution < 1.29 is 14.3 Å². The molecule has 0 aliphatic carbocycles. The van der Waals surface area contributed by atoms with Crippen LogP contribution in [0.1, 0.15) is 58.1 Å². The highest BCUT2D eigenvalue weighted by Crippen LogP contribution is 2.29. The Hall–Kier alpha value is -1.76. The maximum atomic E-state index is 13.3. The molecule has 0 bridgehead atoms. The van der Waals surface area contributed by atoms with E-state index in [1.807, 2.05) is 39.0 Å². The van der Waals surface area contributed by atoms with Gasteiger partial charge in [-0.1, -0.05) is 70.0 Å². The molecule has 1 N–H and O–H groups in total. The average Bonchev–Trinajstić information content (AvgIpc) is 2.78. The molecule has 0 heterocycles. The van der Waals surface area contributed by atoms with E-state index in [9.17, 15) is 9.59 Å². The molecule has 5 nitrogen and oxygen atoms in total. The summed E-state index contributed by atoms with van der Waals surface area (Å²) in [6.45, 7) is 10.7. The van der Waals surface area contributed by atoms with Crippen LogP contribution in [-0.4, -0.2) is 35.9 Å². The van der Waals surface area contributed by atoms with Crippen LogP contribution in [0.15, 0.2) is 40.9 Å². The van der Waals surface area contributed by atoms with Crippen LogP contribution in [-0.2, 0) is 16.1 Å². The zero-order valence-electron chi connectivity index (χ0n) is 20.3. The van der Waals surface area contributed by atoms with Crippen molar-refractivity contribution in [3.8, 4) is 5.75 Å². The van der Waals surface area contributed by atoms with Crippen molar-refractivity contribution in [1.82, 2.24) is 10.2 Å². The molecule has 0 fully saturated rings. The minimum atomic E-state index is -0.643. The normalized spacial score (nSPS) is 12.1. The van der Waals surface area contributed by atoms with Gasteiger partial charge in [0, 0.05) is 13.1 Å². The Kier molecular flexibility index (Phi) is 11.2. The Labute approximate surface area is 221 Å². The van der Waals surface area contributed by atoms with Gasteiger partial charge in [0.25, 0.3) is 5.91 Å². The zero-order valence-corrected chi connectivity index (χ0v) is 23.4. The van der Waals surface area contributed by atoms with E-state index in [1.54, 1.807) is 23.1 Å². The first-order valence-electron chi connectivity index (χ1n) is 11.5. The lowest BCUT2D eigenvalue weighted by Gasteiger charge is -2.31. The lowest BCUT2D eigenvalue weighted by atomic mass is 10.0. The summed E-state index contributed by atoms with van der Waals surface area (Å²) in [6, 6.07) is 10.4. The van der Waals surface area contributed by atoms with Crippen molar-refractivity contribution in [2.75, 3.05) is 13.2 Å². The van der Waals surface area contributed by atoms with Gasteiger partial charge in [-0.05, 0) is 69.6 Å². The fourth-order valence-corrected chi connectivity index (χ4v) is 4.22. The number of nitrogens with one attached hydrogen (secondary N) is 1. The molecule has 0 saturated heterocycles. The van der Waals surface area contributed by atoms with Gasteiger partial charge in [0.1, 0.15) is 11.8 Å². The first-order valence-corrected chi connectivity index (χ1v) is 13.0. The highest BCUT2D eigenvalue weighted by atomic mass is 79.9. The average molecular weight is 572 g/mol. The maximum Gasteiger partial charge on any atom is 0.261 e. The molecular weight excluding hydrogens is 539 g/mol. The summed E-state index contributed by atoms with van der Waals surface area (Å²) in [6.07, 6.45) is 0.462. The number of carbonyl (C=O) groups excluding carboxylic acids is 2. The monoisotopic (exact) mass is 570 g/mol. The van der Waals surface area contributed by atoms with E-state index in [1.165, 1.54) is 5.56 Å². The molecule has 2 aromatic carbocycles. The van der Waals surface area contributed by atoms with E-state index < -0.39 is 6.04 Å². The number of hydrogen-bond acceptors (Lipinski definition) is 3. The minimum absolute atomic E-state index is 0.188. The van der Waals surface area contributed by atoms with Gasteiger partial charge < -0.3 is 15.0 Å². The van der Waals surface area contributed by atoms with Crippen LogP contribution in [0.3, 0.4) is 0 Å². The Morgan fingerprint density at radius 1 is 1.06 bits per heavy atom. The standard InChI is InChI=1S/C26H33BrCl2N2O3/c1-6-23(26(33)30-13-16(2)3)31(14-18-7-9-21(28)22(29)11-18)25(32)15-34-24-10-8-19(17(4)5)12-20(24)27/h7-12,16-17,23H,6,13-15H2,1-5H3,(H,30,33). The molecule has 0 saturated carbocycles. The molecule has 0 aliphatic heterocycles. The third-order valence-corrected chi connectivity index (χ3v) is 6.74. The molecule has 0 aliphatic rings. The van der Waals surface area contributed by atoms with E-state index in [0.29, 0.717) is 40.6 Å². The smallest absolute Gasteiger partial charge is 0.261 e. The summed E-state index contributed by atoms with van der Waals surface area (Å²) >= 11 is 15.8. The number of carbonyl (C=O) groups is 2. The molecule has 2 aromatic rings. The largest absolute Gasteiger partial charge is 0.483 e. The topological polar surface area (TPSA) is 58.6 Å². The minimum Gasteiger partial charge on any atom is -0.483 e. The Balaban J connectivity index is 2.25. The molecule has 2 rings (SSSR count). The van der Waals surface area contributed by atoms with Crippen molar-refractivity contribution in [2.45, 2.75) is 59.5 Å². The predicted octanol–water partition coefficient (Wildman–Crippen LogP) is 6.84. The van der Waals surface area contributed by atoms with Crippen molar-refractivity contribution in [1.29, 1.82) is 0 Å². The second-order valence-electron chi connectivity index (χ2n) is 8.97. The first kappa shape index (κ1) is 28.5. The maximum absolute atomic E-state index is 13.3. The van der Waals surface area contributed by atoms with Crippen LogP contribution >= 0.6 is 39.1 Å². The van der Waals surface area contributed by atoms with E-state index in [2.05, 4.69) is 35.1 Å². The van der Waals surface area contributed by atoms with Gasteiger partial charge in [-0.2, -0.15) is 0 Å². The molecular formula is C26H33BrCl2N2O3. The molecule has 1 unspecified atom stereocenters. The number of amides is 2. The number of nitrogens with zero attached hydrogens (tertiary/aromatic N) is 1. The quantitative estimate of drug-likeness (QED) is 0.321. The van der Waals surface area contributed by atoms with Gasteiger partial charge in [-0.3, -0.25) is 9.59 Å². The number of ether oxygens (including phenoxy) is 1. The second kappa shape index (κ2) is 13.4. The Morgan fingerprint density at radius 2 is 1.76 bits per heavy atom. The fourth-order valence-electron chi connectivity index (χ4n) is 3.39. The van der Waals surface area contributed by atoms with Crippen LogP contribution in [0.2, 0.25) is 10.0 Å². The van der Waals surface area contributed by atoms with Gasteiger partial charge >= 0.3 is 0 Å². The van der Waals surface area contributed by atoms with Gasteiger partial charge in [-0.25, -0.2) is 0 Å². The van der Waals surface area contributed by atoms with Crippen LogP contribution in [0.5, 0.6) is 5.75 Å². The molecule has 186 valence electrons. The fraction of sp³-hybridized carbons (Fsp3) is 0.462. The summed E-state index contributed by atoms with van der Waals surface area (Å²) in [5.41, 5.74) is 1.94.